The van der Waals surface area contributed by atoms with Crippen LogP contribution in [0.2, 0.25) is 0 Å². The van der Waals surface area contributed by atoms with E-state index in [0.29, 0.717) is 31.9 Å². The van der Waals surface area contributed by atoms with Crippen molar-refractivity contribution in [1.29, 1.82) is 0 Å². The van der Waals surface area contributed by atoms with Crippen LogP contribution in [0.25, 0.3) is 5.57 Å². The SMILES string of the molecule is C\C=C/N=C(CC(=O)OC)\C(=C\C)c1c(C)ncnc1N1CCN(C(=O)OC(C)(C)C)CC1. The van der Waals surface area contributed by atoms with Crippen LogP contribution >= 0.6 is 0 Å². The number of methoxy groups -OCH3 is 1. The highest BCUT2D eigenvalue weighted by atomic mass is 16.6. The first kappa shape index (κ1) is 26.0. The predicted octanol–water partition coefficient (Wildman–Crippen LogP) is 3.78. The van der Waals surface area contributed by atoms with Gasteiger partial charge < -0.3 is 19.3 Å². The minimum Gasteiger partial charge on any atom is -0.469 e. The molecule has 2 heterocycles. The lowest BCUT2D eigenvalue weighted by Crippen LogP contribution is -2.50. The number of amides is 1. The van der Waals surface area contributed by atoms with Crippen LogP contribution in [0, 0.1) is 6.92 Å². The Labute approximate surface area is 196 Å². The molecule has 0 N–H and O–H groups in total. The second-order valence-electron chi connectivity index (χ2n) is 8.63. The van der Waals surface area contributed by atoms with Crippen molar-refractivity contribution < 1.29 is 19.1 Å². The summed E-state index contributed by atoms with van der Waals surface area (Å²) in [6, 6.07) is 0. The van der Waals surface area contributed by atoms with Crippen molar-refractivity contribution in [1.82, 2.24) is 14.9 Å². The van der Waals surface area contributed by atoms with Crippen molar-refractivity contribution in [2.24, 2.45) is 4.99 Å². The van der Waals surface area contributed by atoms with E-state index in [9.17, 15) is 9.59 Å². The van der Waals surface area contributed by atoms with E-state index in [1.807, 2.05) is 47.6 Å². The van der Waals surface area contributed by atoms with Gasteiger partial charge in [0.15, 0.2) is 0 Å². The molecule has 0 aromatic carbocycles. The Bertz CT molecular complexity index is 939. The number of nitrogens with zero attached hydrogens (tertiary/aromatic N) is 5. The molecule has 0 radical (unpaired) electrons. The fraction of sp³-hybridized carbons (Fsp3) is 0.542. The molecular weight excluding hydrogens is 422 g/mol. The highest BCUT2D eigenvalue weighted by molar-refractivity contribution is 6.29. The molecule has 1 saturated heterocycles. The van der Waals surface area contributed by atoms with Gasteiger partial charge in [0.25, 0.3) is 0 Å². The fourth-order valence-electron chi connectivity index (χ4n) is 3.48. The fourth-order valence-corrected chi connectivity index (χ4v) is 3.48. The van der Waals surface area contributed by atoms with Crippen molar-refractivity contribution in [2.75, 3.05) is 38.2 Å². The van der Waals surface area contributed by atoms with E-state index in [4.69, 9.17) is 9.47 Å². The van der Waals surface area contributed by atoms with E-state index in [1.54, 1.807) is 17.2 Å². The number of ether oxygens (including phenoxy) is 2. The van der Waals surface area contributed by atoms with Gasteiger partial charge in [-0.3, -0.25) is 9.79 Å². The van der Waals surface area contributed by atoms with Crippen LogP contribution in [0.15, 0.2) is 29.7 Å². The van der Waals surface area contributed by atoms with Crippen LogP contribution in [-0.2, 0) is 14.3 Å². The topological polar surface area (TPSA) is 97.2 Å². The first-order valence-electron chi connectivity index (χ1n) is 11.1. The molecule has 0 aliphatic carbocycles. The zero-order chi connectivity index (χ0) is 24.6. The van der Waals surface area contributed by atoms with Gasteiger partial charge >= 0.3 is 12.1 Å². The lowest BCUT2D eigenvalue weighted by molar-refractivity contribution is -0.139. The molecule has 0 atom stereocenters. The van der Waals surface area contributed by atoms with Gasteiger partial charge in [0, 0.05) is 43.5 Å². The van der Waals surface area contributed by atoms with Gasteiger partial charge in [-0.05, 0) is 41.5 Å². The Morgan fingerprint density at radius 2 is 1.82 bits per heavy atom. The number of aliphatic imine (C=N–C) groups is 1. The molecule has 180 valence electrons. The number of hydrogen-bond donors (Lipinski definition) is 0. The summed E-state index contributed by atoms with van der Waals surface area (Å²) in [6.07, 6.45) is 6.62. The second kappa shape index (κ2) is 11.6. The highest BCUT2D eigenvalue weighted by Crippen LogP contribution is 2.30. The number of aromatic nitrogens is 2. The lowest BCUT2D eigenvalue weighted by atomic mass is 9.97. The summed E-state index contributed by atoms with van der Waals surface area (Å²) in [7, 11) is 1.36. The molecule has 9 heteroatoms. The lowest BCUT2D eigenvalue weighted by Gasteiger charge is -2.37. The van der Waals surface area contributed by atoms with Gasteiger partial charge in [0.2, 0.25) is 0 Å². The van der Waals surface area contributed by atoms with E-state index in [-0.39, 0.29) is 18.5 Å². The summed E-state index contributed by atoms with van der Waals surface area (Å²) in [6.45, 7) is 13.5. The molecule has 1 aliphatic heterocycles. The quantitative estimate of drug-likeness (QED) is 0.474. The average Bonchev–Trinajstić information content (AvgIpc) is 2.77. The number of hydrogen-bond acceptors (Lipinski definition) is 8. The number of rotatable bonds is 6. The van der Waals surface area contributed by atoms with Crippen molar-refractivity contribution >= 4 is 29.2 Å². The van der Waals surface area contributed by atoms with Crippen LogP contribution in [-0.4, -0.2) is 71.5 Å². The summed E-state index contributed by atoms with van der Waals surface area (Å²) < 4.78 is 10.4. The third-order valence-corrected chi connectivity index (χ3v) is 5.04. The number of esters is 1. The van der Waals surface area contributed by atoms with Crippen LogP contribution in [0.1, 0.15) is 52.3 Å². The van der Waals surface area contributed by atoms with Crippen molar-refractivity contribution in [3.8, 4) is 0 Å². The normalized spacial score (nSPS) is 15.7. The molecule has 1 amide bonds. The Hall–Kier alpha value is -3.23. The minimum atomic E-state index is -0.533. The predicted molar refractivity (Wildman–Crippen MR) is 129 cm³/mol. The van der Waals surface area contributed by atoms with E-state index in [1.165, 1.54) is 13.4 Å². The van der Waals surface area contributed by atoms with Gasteiger partial charge in [0.05, 0.1) is 24.9 Å². The molecule has 9 nitrogen and oxygen atoms in total. The van der Waals surface area contributed by atoms with Crippen LogP contribution < -0.4 is 4.90 Å². The molecule has 0 bridgehead atoms. The first-order chi connectivity index (χ1) is 15.6. The Morgan fingerprint density at radius 3 is 2.36 bits per heavy atom. The van der Waals surface area contributed by atoms with Gasteiger partial charge in [0.1, 0.15) is 17.7 Å². The molecule has 0 saturated carbocycles. The van der Waals surface area contributed by atoms with E-state index < -0.39 is 5.60 Å². The first-order valence-corrected chi connectivity index (χ1v) is 11.1. The highest BCUT2D eigenvalue weighted by Gasteiger charge is 2.29. The molecule has 1 aliphatic rings. The van der Waals surface area contributed by atoms with Crippen LogP contribution in [0.4, 0.5) is 10.6 Å². The number of allylic oxidation sites excluding steroid dienone is 3. The third-order valence-electron chi connectivity index (χ3n) is 5.04. The molecule has 2 rings (SSSR count). The zero-order valence-corrected chi connectivity index (χ0v) is 20.7. The zero-order valence-electron chi connectivity index (χ0n) is 20.7. The number of carbonyl (C=O) groups is 2. The number of aryl methyl sites for hydroxylation is 1. The van der Waals surface area contributed by atoms with Crippen molar-refractivity contribution in [2.45, 2.75) is 53.6 Å². The third kappa shape index (κ3) is 7.13. The molecule has 1 fully saturated rings. The van der Waals surface area contributed by atoms with E-state index in [0.717, 1.165) is 22.6 Å². The standard InChI is InChI=1S/C24H35N5O4/c1-8-10-25-19(15-20(30)32-7)18(9-2)21-17(3)26-16-27-22(21)28-11-13-29(14-12-28)23(31)33-24(4,5)6/h8-10,16H,11-15H2,1-7H3/b10-8-,18-9-,25-19-. The minimum absolute atomic E-state index is 0.0285. The Kier molecular flexibility index (Phi) is 9.13. The van der Waals surface area contributed by atoms with E-state index in [2.05, 4.69) is 19.9 Å². The smallest absolute Gasteiger partial charge is 0.410 e. The summed E-state index contributed by atoms with van der Waals surface area (Å²) in [5, 5.41) is 0. The monoisotopic (exact) mass is 457 g/mol. The van der Waals surface area contributed by atoms with E-state index >= 15 is 0 Å². The maximum atomic E-state index is 12.4. The molecule has 0 unspecified atom stereocenters. The molecule has 0 spiro atoms. The number of piperazine rings is 1. The maximum Gasteiger partial charge on any atom is 0.410 e. The summed E-state index contributed by atoms with van der Waals surface area (Å²) in [5.41, 5.74) is 2.42. The second-order valence-corrected chi connectivity index (χ2v) is 8.63. The maximum absolute atomic E-state index is 12.4. The Morgan fingerprint density at radius 1 is 1.15 bits per heavy atom. The molecular formula is C24H35N5O4. The summed E-state index contributed by atoms with van der Waals surface area (Å²) >= 11 is 0. The van der Waals surface area contributed by atoms with Gasteiger partial charge in [-0.2, -0.15) is 0 Å². The van der Waals surface area contributed by atoms with Gasteiger partial charge in [-0.1, -0.05) is 12.2 Å². The molecule has 1 aromatic rings. The molecule has 1 aromatic heterocycles. The van der Waals surface area contributed by atoms with Crippen molar-refractivity contribution in [3.05, 3.63) is 35.9 Å². The number of carbonyl (C=O) groups excluding carboxylic acids is 2. The van der Waals surface area contributed by atoms with Gasteiger partial charge in [-0.15, -0.1) is 0 Å². The summed E-state index contributed by atoms with van der Waals surface area (Å²) in [5.74, 6) is 0.372. The summed E-state index contributed by atoms with van der Waals surface area (Å²) in [4.78, 5) is 41.8. The molecule has 33 heavy (non-hydrogen) atoms. The van der Waals surface area contributed by atoms with Crippen molar-refractivity contribution in [3.63, 3.8) is 0 Å². The number of anilines is 1. The average molecular weight is 458 g/mol. The van der Waals surface area contributed by atoms with Crippen LogP contribution in [0.5, 0.6) is 0 Å². The largest absolute Gasteiger partial charge is 0.469 e. The van der Waals surface area contributed by atoms with Gasteiger partial charge in [-0.25, -0.2) is 14.8 Å². The van der Waals surface area contributed by atoms with Crippen LogP contribution in [0.3, 0.4) is 0 Å². The Balaban J connectivity index is 2.35.